The summed E-state index contributed by atoms with van der Waals surface area (Å²) < 4.78 is 19.1. The van der Waals surface area contributed by atoms with Crippen molar-refractivity contribution in [3.63, 3.8) is 0 Å². The van der Waals surface area contributed by atoms with Crippen LogP contribution in [-0.4, -0.2) is 18.7 Å². The van der Waals surface area contributed by atoms with Gasteiger partial charge in [-0.3, -0.25) is 0 Å². The highest BCUT2D eigenvalue weighted by Gasteiger charge is 2.32. The van der Waals surface area contributed by atoms with E-state index in [0.29, 0.717) is 6.04 Å². The minimum atomic E-state index is -0.159. The lowest BCUT2D eigenvalue weighted by atomic mass is 10.0. The third kappa shape index (κ3) is 3.32. The zero-order chi connectivity index (χ0) is 13.9. The van der Waals surface area contributed by atoms with Crippen LogP contribution in [0, 0.1) is 11.7 Å². The van der Waals surface area contributed by atoms with Crippen LogP contribution in [0.25, 0.3) is 0 Å². The maximum Gasteiger partial charge on any atom is 0.123 e. The minimum Gasteiger partial charge on any atom is -0.490 e. The summed E-state index contributed by atoms with van der Waals surface area (Å²) in [6, 6.07) is 5.51. The van der Waals surface area contributed by atoms with Crippen molar-refractivity contribution in [3.05, 3.63) is 29.6 Å². The van der Waals surface area contributed by atoms with Crippen molar-refractivity contribution < 1.29 is 9.13 Å². The van der Waals surface area contributed by atoms with Crippen LogP contribution in [0.2, 0.25) is 0 Å². The molecule has 0 saturated heterocycles. The molecule has 0 radical (unpaired) electrons. The summed E-state index contributed by atoms with van der Waals surface area (Å²) in [7, 11) is 0. The average Bonchev–Trinajstić information content (AvgIpc) is 3.19. The van der Waals surface area contributed by atoms with E-state index in [1.165, 1.54) is 31.7 Å². The van der Waals surface area contributed by atoms with Gasteiger partial charge >= 0.3 is 0 Å². The summed E-state index contributed by atoms with van der Waals surface area (Å²) in [6.45, 7) is 3.32. The van der Waals surface area contributed by atoms with Crippen molar-refractivity contribution in [2.75, 3.05) is 6.54 Å². The molecule has 0 bridgehead atoms. The van der Waals surface area contributed by atoms with Gasteiger partial charge in [0.1, 0.15) is 17.7 Å². The zero-order valence-corrected chi connectivity index (χ0v) is 12.2. The Balaban J connectivity index is 1.49. The average molecular weight is 277 g/mol. The predicted octanol–water partition coefficient (Wildman–Crippen LogP) is 3.69. The van der Waals surface area contributed by atoms with Crippen LogP contribution in [0.5, 0.6) is 5.75 Å². The van der Waals surface area contributed by atoms with Gasteiger partial charge in [0.05, 0.1) is 0 Å². The second-order valence-electron chi connectivity index (χ2n) is 6.17. The molecular formula is C17H24FNO. The number of fused-ring (bicyclic) bond motifs is 1. The van der Waals surface area contributed by atoms with Crippen molar-refractivity contribution in [1.29, 1.82) is 0 Å². The molecule has 1 heterocycles. The van der Waals surface area contributed by atoms with Crippen LogP contribution in [0.3, 0.4) is 0 Å². The molecule has 0 amide bonds. The first-order valence-electron chi connectivity index (χ1n) is 7.94. The predicted molar refractivity (Wildman–Crippen MR) is 78.6 cm³/mol. The molecule has 0 aromatic heterocycles. The Morgan fingerprint density at radius 2 is 2.25 bits per heavy atom. The van der Waals surface area contributed by atoms with Crippen LogP contribution >= 0.6 is 0 Å². The Morgan fingerprint density at radius 3 is 3.00 bits per heavy atom. The van der Waals surface area contributed by atoms with Gasteiger partial charge in [0.15, 0.2) is 0 Å². The Bertz CT molecular complexity index is 458. The van der Waals surface area contributed by atoms with E-state index in [4.69, 9.17) is 4.74 Å². The lowest BCUT2D eigenvalue weighted by molar-refractivity contribution is 0.208. The Morgan fingerprint density at radius 1 is 1.40 bits per heavy atom. The second-order valence-corrected chi connectivity index (χ2v) is 6.17. The van der Waals surface area contributed by atoms with Crippen molar-refractivity contribution in [3.8, 4) is 5.75 Å². The molecule has 1 aliphatic heterocycles. The quantitative estimate of drug-likeness (QED) is 0.820. The number of ether oxygens (including phenoxy) is 1. The third-order valence-corrected chi connectivity index (χ3v) is 4.41. The third-order valence-electron chi connectivity index (χ3n) is 4.41. The maximum atomic E-state index is 13.2. The van der Waals surface area contributed by atoms with Gasteiger partial charge in [0, 0.05) is 18.0 Å². The fraction of sp³-hybridized carbons (Fsp3) is 0.647. The molecule has 3 heteroatoms. The van der Waals surface area contributed by atoms with E-state index in [0.717, 1.165) is 36.6 Å². The molecule has 1 N–H and O–H groups in total. The van der Waals surface area contributed by atoms with Gasteiger partial charge in [0.2, 0.25) is 0 Å². The molecule has 2 atom stereocenters. The molecule has 110 valence electrons. The van der Waals surface area contributed by atoms with Gasteiger partial charge in [-0.1, -0.05) is 6.92 Å². The fourth-order valence-corrected chi connectivity index (χ4v) is 3.15. The highest BCUT2D eigenvalue weighted by Crippen LogP contribution is 2.36. The molecule has 3 rings (SSSR count). The largest absolute Gasteiger partial charge is 0.490 e. The van der Waals surface area contributed by atoms with E-state index in [-0.39, 0.29) is 11.9 Å². The maximum absolute atomic E-state index is 13.2. The molecule has 2 aliphatic rings. The van der Waals surface area contributed by atoms with Crippen molar-refractivity contribution in [2.24, 2.45) is 5.92 Å². The van der Waals surface area contributed by atoms with Crippen molar-refractivity contribution >= 4 is 0 Å². The first-order valence-corrected chi connectivity index (χ1v) is 7.94. The van der Waals surface area contributed by atoms with E-state index < -0.39 is 0 Å². The zero-order valence-electron chi connectivity index (χ0n) is 12.2. The first-order chi connectivity index (χ1) is 9.76. The van der Waals surface area contributed by atoms with E-state index >= 15 is 0 Å². The Labute approximate surface area is 120 Å². The fourth-order valence-electron chi connectivity index (χ4n) is 3.15. The van der Waals surface area contributed by atoms with Crippen molar-refractivity contribution in [1.82, 2.24) is 5.32 Å². The topological polar surface area (TPSA) is 21.3 Å². The summed E-state index contributed by atoms with van der Waals surface area (Å²) >= 11 is 0. The van der Waals surface area contributed by atoms with Gasteiger partial charge in [-0.05, 0) is 62.8 Å². The van der Waals surface area contributed by atoms with E-state index in [2.05, 4.69) is 12.2 Å². The standard InChI is InChI=1S/C17H24FNO/c1-2-9-19-16(12-3-4-12)7-6-15-11-13-10-14(18)5-8-17(13)20-15/h5,8,10,12,15-16,19H,2-4,6-7,9,11H2,1H3. The summed E-state index contributed by atoms with van der Waals surface area (Å²) in [5.74, 6) is 1.59. The van der Waals surface area contributed by atoms with E-state index in [1.807, 2.05) is 0 Å². The Hall–Kier alpha value is -1.09. The molecule has 1 saturated carbocycles. The number of rotatable bonds is 7. The number of halogens is 1. The second kappa shape index (κ2) is 6.13. The van der Waals surface area contributed by atoms with Crippen molar-refractivity contribution in [2.45, 2.75) is 57.6 Å². The van der Waals surface area contributed by atoms with Gasteiger partial charge < -0.3 is 10.1 Å². The molecule has 2 unspecified atom stereocenters. The summed E-state index contributed by atoms with van der Waals surface area (Å²) in [5.41, 5.74) is 1.03. The van der Waals surface area contributed by atoms with Crippen LogP contribution < -0.4 is 10.1 Å². The molecule has 1 aliphatic carbocycles. The normalized spacial score (nSPS) is 22.4. The van der Waals surface area contributed by atoms with Crippen LogP contribution in [0.15, 0.2) is 18.2 Å². The molecule has 1 aromatic carbocycles. The number of nitrogens with one attached hydrogen (secondary N) is 1. The Kier molecular flexibility index (Phi) is 4.25. The van der Waals surface area contributed by atoms with Gasteiger partial charge in [-0.2, -0.15) is 0 Å². The van der Waals surface area contributed by atoms with Crippen LogP contribution in [0.4, 0.5) is 4.39 Å². The van der Waals surface area contributed by atoms with Crippen LogP contribution in [0.1, 0.15) is 44.6 Å². The van der Waals surface area contributed by atoms with Crippen LogP contribution in [-0.2, 0) is 6.42 Å². The highest BCUT2D eigenvalue weighted by molar-refractivity contribution is 5.37. The van der Waals surface area contributed by atoms with Gasteiger partial charge in [-0.25, -0.2) is 4.39 Å². The lowest BCUT2D eigenvalue weighted by Gasteiger charge is -2.20. The smallest absolute Gasteiger partial charge is 0.123 e. The summed E-state index contributed by atoms with van der Waals surface area (Å²) in [5, 5.41) is 3.67. The number of hydrogen-bond acceptors (Lipinski definition) is 2. The molecule has 1 fully saturated rings. The molecular weight excluding hydrogens is 253 g/mol. The first kappa shape index (κ1) is 13.9. The summed E-state index contributed by atoms with van der Waals surface area (Å²) in [4.78, 5) is 0. The number of hydrogen-bond donors (Lipinski definition) is 1. The molecule has 0 spiro atoms. The van der Waals surface area contributed by atoms with E-state index in [9.17, 15) is 4.39 Å². The van der Waals surface area contributed by atoms with E-state index in [1.54, 1.807) is 12.1 Å². The van der Waals surface area contributed by atoms with Gasteiger partial charge in [-0.15, -0.1) is 0 Å². The monoisotopic (exact) mass is 277 g/mol. The highest BCUT2D eigenvalue weighted by atomic mass is 19.1. The minimum absolute atomic E-state index is 0.159. The molecule has 1 aromatic rings. The molecule has 2 nitrogen and oxygen atoms in total. The summed E-state index contributed by atoms with van der Waals surface area (Å²) in [6.07, 6.45) is 7.26. The van der Waals surface area contributed by atoms with Gasteiger partial charge in [0.25, 0.3) is 0 Å². The SMILES string of the molecule is CCCNC(CCC1Cc2cc(F)ccc2O1)C1CC1. The number of benzene rings is 1. The lowest BCUT2D eigenvalue weighted by Crippen LogP contribution is -2.33. The molecule has 20 heavy (non-hydrogen) atoms.